The van der Waals surface area contributed by atoms with Gasteiger partial charge in [-0.3, -0.25) is 9.69 Å². The Morgan fingerprint density at radius 3 is 2.65 bits per heavy atom. The van der Waals surface area contributed by atoms with E-state index in [1.54, 1.807) is 18.2 Å². The van der Waals surface area contributed by atoms with Gasteiger partial charge in [0.05, 0.1) is 23.6 Å². The molecule has 0 atom stereocenters. The predicted octanol–water partition coefficient (Wildman–Crippen LogP) is 2.92. The molecule has 1 saturated heterocycles. The van der Waals surface area contributed by atoms with Crippen LogP contribution in [0, 0.1) is 5.82 Å². The van der Waals surface area contributed by atoms with Crippen LogP contribution in [0.1, 0.15) is 5.69 Å². The van der Waals surface area contributed by atoms with Crippen LogP contribution >= 0.6 is 0 Å². The molecule has 1 fully saturated rings. The van der Waals surface area contributed by atoms with Crippen LogP contribution in [0.3, 0.4) is 0 Å². The first-order chi connectivity index (χ1) is 15.1. The first-order valence-electron chi connectivity index (χ1n) is 9.43. The third kappa shape index (κ3) is 4.20. The molecule has 1 aromatic heterocycles. The molecular weight excluding hydrogens is 401 g/mol. The van der Waals surface area contributed by atoms with Gasteiger partial charge in [0, 0.05) is 12.3 Å². The number of carbonyl (C=O) groups excluding carboxylic acids is 1. The summed E-state index contributed by atoms with van der Waals surface area (Å²) in [6.45, 7) is 0.605. The number of benzene rings is 2. The van der Waals surface area contributed by atoms with Gasteiger partial charge in [0.25, 0.3) is 0 Å². The second-order valence-corrected chi connectivity index (χ2v) is 6.57. The molecule has 8 nitrogen and oxygen atoms in total. The molecule has 0 radical (unpaired) electrons. The van der Waals surface area contributed by atoms with Crippen molar-refractivity contribution >= 4 is 23.2 Å². The second-order valence-electron chi connectivity index (χ2n) is 6.57. The zero-order chi connectivity index (χ0) is 21.8. The highest BCUT2D eigenvalue weighted by Crippen LogP contribution is 2.23. The van der Waals surface area contributed by atoms with E-state index in [1.165, 1.54) is 46.3 Å². The number of cyclic esters (lactones) is 1. The van der Waals surface area contributed by atoms with Crippen LogP contribution in [0.25, 0.3) is 5.69 Å². The summed E-state index contributed by atoms with van der Waals surface area (Å²) in [6, 6.07) is 14.6. The molecule has 0 saturated carbocycles. The summed E-state index contributed by atoms with van der Waals surface area (Å²) in [7, 11) is 0. The van der Waals surface area contributed by atoms with E-state index in [4.69, 9.17) is 10.5 Å². The van der Waals surface area contributed by atoms with Crippen LogP contribution in [0.5, 0.6) is 0 Å². The number of carbonyl (C=O) groups is 1. The minimum absolute atomic E-state index is 0.0136. The number of aromatic nitrogens is 2. The Morgan fingerprint density at radius 1 is 1.16 bits per heavy atom. The number of rotatable bonds is 5. The lowest BCUT2D eigenvalue weighted by molar-refractivity contribution is 0.181. The van der Waals surface area contributed by atoms with Crippen molar-refractivity contribution in [1.29, 1.82) is 0 Å². The van der Waals surface area contributed by atoms with E-state index in [0.29, 0.717) is 17.9 Å². The van der Waals surface area contributed by atoms with Gasteiger partial charge in [-0.05, 0) is 42.6 Å². The molecule has 3 aromatic rings. The number of aliphatic imine (C=N–C) groups is 1. The molecular formula is C22H18FN5O3. The summed E-state index contributed by atoms with van der Waals surface area (Å²) in [5, 5.41) is 4.28. The molecule has 0 spiro atoms. The van der Waals surface area contributed by atoms with Gasteiger partial charge in [0.15, 0.2) is 11.5 Å². The molecule has 1 amide bonds. The molecule has 2 heterocycles. The molecule has 156 valence electrons. The van der Waals surface area contributed by atoms with Crippen LogP contribution in [0.15, 0.2) is 82.9 Å². The van der Waals surface area contributed by atoms with Crippen LogP contribution in [-0.4, -0.2) is 34.7 Å². The van der Waals surface area contributed by atoms with Crippen molar-refractivity contribution in [3.63, 3.8) is 0 Å². The predicted molar refractivity (Wildman–Crippen MR) is 114 cm³/mol. The summed E-state index contributed by atoms with van der Waals surface area (Å²) in [5.41, 5.74) is 6.49. The van der Waals surface area contributed by atoms with Crippen molar-refractivity contribution in [2.75, 3.05) is 18.1 Å². The lowest BCUT2D eigenvalue weighted by Crippen LogP contribution is -2.24. The summed E-state index contributed by atoms with van der Waals surface area (Å²) in [4.78, 5) is 30.0. The number of ether oxygens (including phenoxy) is 1. The van der Waals surface area contributed by atoms with Gasteiger partial charge in [-0.25, -0.2) is 18.9 Å². The Bertz CT molecular complexity index is 1240. The molecule has 4 rings (SSSR count). The first-order valence-corrected chi connectivity index (χ1v) is 9.43. The van der Waals surface area contributed by atoms with Crippen LogP contribution in [-0.2, 0) is 4.74 Å². The van der Waals surface area contributed by atoms with Crippen molar-refractivity contribution in [3.05, 3.63) is 94.8 Å². The van der Waals surface area contributed by atoms with E-state index < -0.39 is 11.9 Å². The van der Waals surface area contributed by atoms with Gasteiger partial charge in [-0.2, -0.15) is 5.10 Å². The second kappa shape index (κ2) is 8.62. The Hall–Kier alpha value is -4.27. The molecule has 31 heavy (non-hydrogen) atoms. The number of hydrogen-bond acceptors (Lipinski definition) is 6. The van der Waals surface area contributed by atoms with Crippen molar-refractivity contribution in [1.82, 2.24) is 9.78 Å². The lowest BCUT2D eigenvalue weighted by Gasteiger charge is -2.14. The summed E-state index contributed by atoms with van der Waals surface area (Å²) < 4.78 is 21.0. The number of allylic oxidation sites excluding steroid dienone is 1. The Morgan fingerprint density at radius 2 is 1.97 bits per heavy atom. The molecule has 1 aliphatic rings. The fraction of sp³-hybridized carbons (Fsp3) is 0.0909. The summed E-state index contributed by atoms with van der Waals surface area (Å²) in [5.74, 6) is -0.616. The number of amides is 1. The Labute approximate surface area is 176 Å². The molecule has 2 aromatic carbocycles. The number of nitrogens with two attached hydrogens (primary N) is 1. The van der Waals surface area contributed by atoms with Crippen molar-refractivity contribution < 1.29 is 13.9 Å². The van der Waals surface area contributed by atoms with Gasteiger partial charge < -0.3 is 10.5 Å². The summed E-state index contributed by atoms with van der Waals surface area (Å²) in [6.07, 6.45) is 3.55. The van der Waals surface area contributed by atoms with Gasteiger partial charge in [-0.15, -0.1) is 0 Å². The van der Waals surface area contributed by atoms with Crippen LogP contribution < -0.4 is 16.1 Å². The largest absolute Gasteiger partial charge is 0.447 e. The van der Waals surface area contributed by atoms with E-state index in [1.807, 2.05) is 18.2 Å². The quantitative estimate of drug-likeness (QED) is 0.641. The number of nitrogens with zero attached hydrogens (tertiary/aromatic N) is 4. The van der Waals surface area contributed by atoms with Crippen molar-refractivity contribution in [2.45, 2.75) is 0 Å². The molecule has 2 N–H and O–H groups in total. The average molecular weight is 419 g/mol. The molecule has 9 heteroatoms. The topological polar surface area (TPSA) is 103 Å². The highest BCUT2D eigenvalue weighted by molar-refractivity contribution is 6.08. The Balaban J connectivity index is 1.74. The van der Waals surface area contributed by atoms with Crippen molar-refractivity contribution in [2.24, 2.45) is 10.7 Å². The van der Waals surface area contributed by atoms with Crippen molar-refractivity contribution in [3.8, 4) is 5.69 Å². The maximum absolute atomic E-state index is 14.9. The highest BCUT2D eigenvalue weighted by atomic mass is 19.1. The van der Waals surface area contributed by atoms with E-state index in [-0.39, 0.29) is 29.1 Å². The Kier molecular flexibility index (Phi) is 5.57. The monoisotopic (exact) mass is 419 g/mol. The van der Waals surface area contributed by atoms with E-state index in [9.17, 15) is 14.0 Å². The maximum Gasteiger partial charge on any atom is 0.414 e. The standard InChI is InChI=1S/C22H18FN5O3/c23-17-14-16(27-12-13-31-22(27)30)6-7-19(17)28-11-9-20(29)21(26-28)18(8-10-24)25-15-4-2-1-3-5-15/h1-11,14H,12-13,24H2. The lowest BCUT2D eigenvalue weighted by atomic mass is 10.2. The smallest absolute Gasteiger partial charge is 0.414 e. The fourth-order valence-corrected chi connectivity index (χ4v) is 3.10. The van der Waals surface area contributed by atoms with Crippen LogP contribution in [0.2, 0.25) is 0 Å². The zero-order valence-corrected chi connectivity index (χ0v) is 16.3. The minimum Gasteiger partial charge on any atom is -0.447 e. The average Bonchev–Trinajstić information content (AvgIpc) is 3.20. The molecule has 0 unspecified atom stereocenters. The highest BCUT2D eigenvalue weighted by Gasteiger charge is 2.24. The number of halogens is 1. The van der Waals surface area contributed by atoms with Gasteiger partial charge >= 0.3 is 6.09 Å². The maximum atomic E-state index is 14.9. The van der Waals surface area contributed by atoms with E-state index >= 15 is 0 Å². The number of hydrogen-bond donors (Lipinski definition) is 1. The third-order valence-corrected chi connectivity index (χ3v) is 4.56. The normalized spacial score (nSPS) is 14.3. The minimum atomic E-state index is -0.616. The summed E-state index contributed by atoms with van der Waals surface area (Å²) >= 11 is 0. The SMILES string of the molecule is NC=CC(=Nc1ccccc1)c1nn(-c2ccc(N3CCOC3=O)cc2F)ccc1=O. The number of anilines is 1. The first kappa shape index (κ1) is 20.0. The van der Waals surface area contributed by atoms with Gasteiger partial charge in [-0.1, -0.05) is 18.2 Å². The fourth-order valence-electron chi connectivity index (χ4n) is 3.10. The van der Waals surface area contributed by atoms with Gasteiger partial charge in [0.2, 0.25) is 5.43 Å². The molecule has 0 aliphatic carbocycles. The third-order valence-electron chi connectivity index (χ3n) is 4.56. The molecule has 0 bridgehead atoms. The van der Waals surface area contributed by atoms with E-state index in [0.717, 1.165) is 0 Å². The van der Waals surface area contributed by atoms with E-state index in [2.05, 4.69) is 10.1 Å². The zero-order valence-electron chi connectivity index (χ0n) is 16.3. The number of para-hydroxylation sites is 1. The van der Waals surface area contributed by atoms with Gasteiger partial charge in [0.1, 0.15) is 12.3 Å². The molecule has 1 aliphatic heterocycles. The van der Waals surface area contributed by atoms with Crippen LogP contribution in [0.4, 0.5) is 20.6 Å².